The van der Waals surface area contributed by atoms with E-state index in [-0.39, 0.29) is 35.6 Å². The fourth-order valence-corrected chi connectivity index (χ4v) is 3.04. The molecule has 2 unspecified atom stereocenters. The Hall–Kier alpha value is -1.91. The molecule has 2 aliphatic rings. The van der Waals surface area contributed by atoms with Crippen molar-refractivity contribution in [1.29, 1.82) is 0 Å². The zero-order valence-corrected chi connectivity index (χ0v) is 11.3. The molecular weight excluding hydrogens is 242 g/mol. The topological polar surface area (TPSA) is 62.3 Å². The van der Waals surface area contributed by atoms with E-state index in [1.165, 1.54) is 4.90 Å². The van der Waals surface area contributed by atoms with Gasteiger partial charge in [0.25, 0.3) is 0 Å². The van der Waals surface area contributed by atoms with Crippen molar-refractivity contribution in [3.05, 3.63) is 24.0 Å². The number of imide groups is 1. The maximum absolute atomic E-state index is 12.2. The Morgan fingerprint density at radius 3 is 2.53 bits per heavy atom. The number of carbonyl (C=O) groups is 2. The Morgan fingerprint density at radius 2 is 1.95 bits per heavy atom. The molecule has 2 heterocycles. The molecule has 100 valence electrons. The Labute approximate surface area is 112 Å². The van der Waals surface area contributed by atoms with Gasteiger partial charge in [-0.3, -0.25) is 19.5 Å². The Morgan fingerprint density at radius 1 is 1.32 bits per heavy atom. The van der Waals surface area contributed by atoms with E-state index in [2.05, 4.69) is 10.3 Å². The number of nitrogens with one attached hydrogen (secondary N) is 1. The Kier molecular flexibility index (Phi) is 2.42. The van der Waals surface area contributed by atoms with E-state index in [1.54, 1.807) is 6.20 Å². The van der Waals surface area contributed by atoms with Crippen LogP contribution in [0.5, 0.6) is 0 Å². The van der Waals surface area contributed by atoms with Gasteiger partial charge in [-0.15, -0.1) is 0 Å². The van der Waals surface area contributed by atoms with Crippen LogP contribution >= 0.6 is 0 Å². The summed E-state index contributed by atoms with van der Waals surface area (Å²) in [5.41, 5.74) is 1.51. The number of hydrogen-bond donors (Lipinski definition) is 1. The predicted octanol–water partition coefficient (Wildman–Crippen LogP) is 1.26. The molecule has 1 saturated heterocycles. The summed E-state index contributed by atoms with van der Waals surface area (Å²) in [7, 11) is 1.82. The lowest BCUT2D eigenvalue weighted by molar-refractivity contribution is -0.143. The van der Waals surface area contributed by atoms with Crippen LogP contribution < -0.4 is 5.32 Å². The van der Waals surface area contributed by atoms with Crippen LogP contribution in [0.15, 0.2) is 18.3 Å². The van der Waals surface area contributed by atoms with Crippen molar-refractivity contribution in [1.82, 2.24) is 9.88 Å². The molecule has 1 N–H and O–H groups in total. The highest BCUT2D eigenvalue weighted by atomic mass is 16.2. The largest absolute Gasteiger partial charge is 0.388 e. The highest BCUT2D eigenvalue weighted by Crippen LogP contribution is 2.63. The zero-order chi connectivity index (χ0) is 13.8. The molecule has 1 saturated carbocycles. The van der Waals surface area contributed by atoms with Gasteiger partial charge < -0.3 is 5.32 Å². The summed E-state index contributed by atoms with van der Waals surface area (Å²) in [5, 5.41) is 3.02. The van der Waals surface area contributed by atoms with Gasteiger partial charge in [-0.05, 0) is 17.5 Å². The van der Waals surface area contributed by atoms with E-state index in [4.69, 9.17) is 0 Å². The van der Waals surface area contributed by atoms with Crippen molar-refractivity contribution in [2.45, 2.75) is 20.4 Å². The lowest BCUT2D eigenvalue weighted by atomic mass is 10.1. The molecule has 0 radical (unpaired) electrons. The van der Waals surface area contributed by atoms with Crippen LogP contribution in [0.25, 0.3) is 0 Å². The van der Waals surface area contributed by atoms with Crippen LogP contribution in [0.3, 0.4) is 0 Å². The summed E-state index contributed by atoms with van der Waals surface area (Å²) >= 11 is 0. The van der Waals surface area contributed by atoms with Crippen molar-refractivity contribution < 1.29 is 9.59 Å². The van der Waals surface area contributed by atoms with Gasteiger partial charge in [-0.1, -0.05) is 13.8 Å². The van der Waals surface area contributed by atoms with Gasteiger partial charge in [0.05, 0.1) is 24.1 Å². The smallest absolute Gasteiger partial charge is 0.234 e. The monoisotopic (exact) mass is 259 g/mol. The zero-order valence-electron chi connectivity index (χ0n) is 11.3. The van der Waals surface area contributed by atoms with Gasteiger partial charge in [-0.2, -0.15) is 0 Å². The first-order valence-electron chi connectivity index (χ1n) is 6.44. The minimum Gasteiger partial charge on any atom is -0.388 e. The van der Waals surface area contributed by atoms with E-state index >= 15 is 0 Å². The van der Waals surface area contributed by atoms with Crippen LogP contribution in [0.1, 0.15) is 19.5 Å². The van der Waals surface area contributed by atoms with Gasteiger partial charge >= 0.3 is 0 Å². The Bertz CT molecular complexity index is 544. The summed E-state index contributed by atoms with van der Waals surface area (Å²) in [6.45, 7) is 4.24. The van der Waals surface area contributed by atoms with Crippen molar-refractivity contribution >= 4 is 17.5 Å². The average Bonchev–Trinajstić information content (AvgIpc) is 2.86. The van der Waals surface area contributed by atoms with E-state index in [1.807, 2.05) is 33.0 Å². The summed E-state index contributed by atoms with van der Waals surface area (Å²) in [6, 6.07) is 3.70. The van der Waals surface area contributed by atoms with E-state index in [0.29, 0.717) is 0 Å². The second-order valence-electron chi connectivity index (χ2n) is 5.83. The predicted molar refractivity (Wildman–Crippen MR) is 70.1 cm³/mol. The standard InChI is InChI=1S/C14H17N3O2/c1-14(2)10-11(14)13(19)17(12(10)18)7-9-6-8(15-3)4-5-16-9/h4-6,10-11H,7H2,1-3H3,(H,15,16). The highest BCUT2D eigenvalue weighted by molar-refractivity contribution is 6.10. The molecule has 5 nitrogen and oxygen atoms in total. The van der Waals surface area contributed by atoms with Gasteiger partial charge in [0.1, 0.15) is 0 Å². The number of aromatic nitrogens is 1. The SMILES string of the molecule is CNc1ccnc(CN2C(=O)C3C(C2=O)C3(C)C)c1. The number of likely N-dealkylation sites (tertiary alicyclic amines) is 1. The summed E-state index contributed by atoms with van der Waals surface area (Å²) in [6.07, 6.45) is 1.68. The quantitative estimate of drug-likeness (QED) is 0.830. The van der Waals surface area contributed by atoms with Crippen LogP contribution in [0.4, 0.5) is 5.69 Å². The molecule has 2 amide bonds. The van der Waals surface area contributed by atoms with Crippen molar-refractivity contribution in [3.8, 4) is 0 Å². The first-order chi connectivity index (χ1) is 8.96. The second kappa shape index (κ2) is 3.79. The van der Waals surface area contributed by atoms with Gasteiger partial charge in [-0.25, -0.2) is 0 Å². The van der Waals surface area contributed by atoms with E-state index in [9.17, 15) is 9.59 Å². The number of rotatable bonds is 3. The third-order valence-electron chi connectivity index (χ3n) is 4.32. The molecule has 1 aromatic heterocycles. The molecule has 1 aliphatic carbocycles. The second-order valence-corrected chi connectivity index (χ2v) is 5.83. The fourth-order valence-electron chi connectivity index (χ4n) is 3.04. The first kappa shape index (κ1) is 12.1. The molecule has 0 aromatic carbocycles. The molecule has 2 fully saturated rings. The lowest BCUT2D eigenvalue weighted by Gasteiger charge is -2.20. The normalized spacial score (nSPS) is 27.4. The molecule has 0 bridgehead atoms. The van der Waals surface area contributed by atoms with E-state index < -0.39 is 0 Å². The van der Waals surface area contributed by atoms with Gasteiger partial charge in [0, 0.05) is 18.9 Å². The molecule has 0 spiro atoms. The third-order valence-corrected chi connectivity index (χ3v) is 4.32. The minimum atomic E-state index is -0.148. The maximum atomic E-state index is 12.2. The van der Waals surface area contributed by atoms with E-state index in [0.717, 1.165) is 11.4 Å². The van der Waals surface area contributed by atoms with Crippen molar-refractivity contribution in [2.24, 2.45) is 17.3 Å². The third kappa shape index (κ3) is 1.64. The molecule has 1 aliphatic heterocycles. The number of fused-ring (bicyclic) bond motifs is 1. The maximum Gasteiger partial charge on any atom is 0.234 e. The lowest BCUT2D eigenvalue weighted by Crippen LogP contribution is -2.35. The van der Waals surface area contributed by atoms with Crippen LogP contribution in [0.2, 0.25) is 0 Å². The summed E-state index contributed by atoms with van der Waals surface area (Å²) in [4.78, 5) is 29.9. The molecule has 19 heavy (non-hydrogen) atoms. The summed E-state index contributed by atoms with van der Waals surface area (Å²) < 4.78 is 0. The Balaban J connectivity index is 1.79. The van der Waals surface area contributed by atoms with Gasteiger partial charge in [0.15, 0.2) is 0 Å². The van der Waals surface area contributed by atoms with Crippen molar-refractivity contribution in [3.63, 3.8) is 0 Å². The number of piperidine rings is 1. The fraction of sp³-hybridized carbons (Fsp3) is 0.500. The van der Waals surface area contributed by atoms with Crippen LogP contribution in [0, 0.1) is 17.3 Å². The van der Waals surface area contributed by atoms with Crippen LogP contribution in [-0.2, 0) is 16.1 Å². The highest BCUT2D eigenvalue weighted by Gasteiger charge is 2.72. The summed E-state index contributed by atoms with van der Waals surface area (Å²) in [5.74, 6) is -0.326. The molecule has 2 atom stereocenters. The first-order valence-corrected chi connectivity index (χ1v) is 6.44. The van der Waals surface area contributed by atoms with Crippen molar-refractivity contribution in [2.75, 3.05) is 12.4 Å². The number of anilines is 1. The molecule has 1 aromatic rings. The number of carbonyl (C=O) groups excluding carboxylic acids is 2. The van der Waals surface area contributed by atoms with Gasteiger partial charge in [0.2, 0.25) is 11.8 Å². The number of nitrogens with zero attached hydrogens (tertiary/aromatic N) is 2. The molecule has 5 heteroatoms. The number of pyridine rings is 1. The molecule has 3 rings (SSSR count). The van der Waals surface area contributed by atoms with Crippen LogP contribution in [-0.4, -0.2) is 28.7 Å². The average molecular weight is 259 g/mol. The minimum absolute atomic E-state index is 0.0448. The molecular formula is C14H17N3O2. The number of amides is 2. The number of hydrogen-bond acceptors (Lipinski definition) is 4.